The van der Waals surface area contributed by atoms with E-state index in [4.69, 9.17) is 21.1 Å². The van der Waals surface area contributed by atoms with Gasteiger partial charge in [0.05, 0.1) is 31.5 Å². The Morgan fingerprint density at radius 1 is 1.33 bits per heavy atom. The number of anilines is 2. The second kappa shape index (κ2) is 8.51. The fourth-order valence-corrected chi connectivity index (χ4v) is 2.71. The summed E-state index contributed by atoms with van der Waals surface area (Å²) in [5, 5.41) is 7.75. The molecule has 1 aromatic heterocycles. The van der Waals surface area contributed by atoms with Crippen molar-refractivity contribution in [3.63, 3.8) is 0 Å². The number of amides is 2. The minimum Gasteiger partial charge on any atom is -0.495 e. The van der Waals surface area contributed by atoms with E-state index in [9.17, 15) is 9.59 Å². The first-order chi connectivity index (χ1) is 11.5. The molecular weight excluding hydrogens is 354 g/mol. The number of nitrogens with zero attached hydrogens (tertiary/aromatic N) is 1. The van der Waals surface area contributed by atoms with Crippen LogP contribution in [0.15, 0.2) is 23.6 Å². The summed E-state index contributed by atoms with van der Waals surface area (Å²) in [6, 6.07) is 4.39. The molecule has 2 aromatic rings. The Morgan fingerprint density at radius 2 is 2.12 bits per heavy atom. The van der Waals surface area contributed by atoms with Gasteiger partial charge >= 0.3 is 12.0 Å². The molecular formula is C15H16ClN3O4S. The van der Waals surface area contributed by atoms with Gasteiger partial charge in [-0.3, -0.25) is 10.1 Å². The van der Waals surface area contributed by atoms with Gasteiger partial charge in [0, 0.05) is 10.4 Å². The minimum atomic E-state index is -0.493. The van der Waals surface area contributed by atoms with Crippen LogP contribution in [0.4, 0.5) is 15.6 Å². The van der Waals surface area contributed by atoms with Crippen LogP contribution in [0, 0.1) is 0 Å². The lowest BCUT2D eigenvalue weighted by Crippen LogP contribution is -2.19. The molecule has 0 spiro atoms. The zero-order valence-corrected chi connectivity index (χ0v) is 14.7. The highest BCUT2D eigenvalue weighted by Crippen LogP contribution is 2.28. The van der Waals surface area contributed by atoms with Gasteiger partial charge in [-0.15, -0.1) is 11.3 Å². The summed E-state index contributed by atoms with van der Waals surface area (Å²) < 4.78 is 10.0. The molecule has 0 fully saturated rings. The topological polar surface area (TPSA) is 89.5 Å². The van der Waals surface area contributed by atoms with Crippen LogP contribution >= 0.6 is 22.9 Å². The van der Waals surface area contributed by atoms with Gasteiger partial charge in [-0.25, -0.2) is 9.78 Å². The molecule has 0 radical (unpaired) electrons. The highest BCUT2D eigenvalue weighted by Gasteiger charge is 2.12. The number of urea groups is 1. The van der Waals surface area contributed by atoms with Crippen molar-refractivity contribution < 1.29 is 19.1 Å². The van der Waals surface area contributed by atoms with Crippen LogP contribution in [0.3, 0.4) is 0 Å². The number of hydrogen-bond donors (Lipinski definition) is 2. The van der Waals surface area contributed by atoms with E-state index in [0.29, 0.717) is 33.9 Å². The van der Waals surface area contributed by atoms with Gasteiger partial charge in [-0.2, -0.15) is 0 Å². The maximum atomic E-state index is 12.0. The van der Waals surface area contributed by atoms with Gasteiger partial charge in [-0.1, -0.05) is 11.6 Å². The van der Waals surface area contributed by atoms with E-state index in [1.54, 1.807) is 30.5 Å². The van der Waals surface area contributed by atoms with Gasteiger partial charge in [0.25, 0.3) is 0 Å². The fraction of sp³-hybridized carbons (Fsp3) is 0.267. The van der Waals surface area contributed by atoms with Gasteiger partial charge < -0.3 is 14.8 Å². The third kappa shape index (κ3) is 5.10. The maximum Gasteiger partial charge on any atom is 0.325 e. The van der Waals surface area contributed by atoms with Crippen molar-refractivity contribution in [3.05, 3.63) is 34.3 Å². The smallest absolute Gasteiger partial charge is 0.325 e. The van der Waals surface area contributed by atoms with E-state index < -0.39 is 6.03 Å². The summed E-state index contributed by atoms with van der Waals surface area (Å²) >= 11 is 7.13. The Kier molecular flexibility index (Phi) is 6.39. The van der Waals surface area contributed by atoms with Crippen LogP contribution < -0.4 is 15.4 Å². The third-order valence-corrected chi connectivity index (χ3v) is 3.85. The van der Waals surface area contributed by atoms with Crippen molar-refractivity contribution in [3.8, 4) is 5.75 Å². The van der Waals surface area contributed by atoms with E-state index in [-0.39, 0.29) is 12.4 Å². The number of carbonyl (C=O) groups is 2. The first-order valence-electron chi connectivity index (χ1n) is 7.03. The summed E-state index contributed by atoms with van der Waals surface area (Å²) in [5.41, 5.74) is 0.972. The Hall–Kier alpha value is -2.32. The molecule has 24 heavy (non-hydrogen) atoms. The van der Waals surface area contributed by atoms with Crippen molar-refractivity contribution in [2.75, 3.05) is 24.4 Å². The first-order valence-corrected chi connectivity index (χ1v) is 8.29. The molecule has 0 bridgehead atoms. The van der Waals surface area contributed by atoms with E-state index in [2.05, 4.69) is 15.6 Å². The molecule has 0 atom stereocenters. The zero-order chi connectivity index (χ0) is 17.5. The Morgan fingerprint density at radius 3 is 2.83 bits per heavy atom. The van der Waals surface area contributed by atoms with Crippen molar-refractivity contribution >= 4 is 45.8 Å². The number of benzene rings is 1. The average molecular weight is 370 g/mol. The van der Waals surface area contributed by atoms with Gasteiger partial charge in [0.15, 0.2) is 5.13 Å². The number of esters is 1. The molecule has 1 heterocycles. The molecule has 1 aromatic carbocycles. The quantitative estimate of drug-likeness (QED) is 0.760. The van der Waals surface area contributed by atoms with E-state index in [0.717, 1.165) is 0 Å². The molecule has 0 saturated carbocycles. The largest absolute Gasteiger partial charge is 0.495 e. The Labute approximate surface area is 147 Å². The minimum absolute atomic E-state index is 0.0652. The average Bonchev–Trinajstić information content (AvgIpc) is 2.94. The van der Waals surface area contributed by atoms with Crippen molar-refractivity contribution in [1.29, 1.82) is 0 Å². The molecule has 2 amide bonds. The van der Waals surface area contributed by atoms with Crippen molar-refractivity contribution in [2.24, 2.45) is 0 Å². The molecule has 128 valence electrons. The molecule has 0 aliphatic heterocycles. The van der Waals surface area contributed by atoms with Crippen LogP contribution in [0.5, 0.6) is 5.75 Å². The number of aromatic nitrogens is 1. The van der Waals surface area contributed by atoms with Crippen molar-refractivity contribution in [2.45, 2.75) is 13.3 Å². The van der Waals surface area contributed by atoms with Crippen LogP contribution in [-0.4, -0.2) is 30.7 Å². The van der Waals surface area contributed by atoms with Crippen molar-refractivity contribution in [1.82, 2.24) is 4.98 Å². The lowest BCUT2D eigenvalue weighted by molar-refractivity contribution is -0.142. The second-order valence-corrected chi connectivity index (χ2v) is 5.84. The van der Waals surface area contributed by atoms with Gasteiger partial charge in [0.2, 0.25) is 0 Å². The lowest BCUT2D eigenvalue weighted by Gasteiger charge is -2.10. The van der Waals surface area contributed by atoms with E-state index in [1.165, 1.54) is 18.4 Å². The number of methoxy groups -OCH3 is 1. The van der Waals surface area contributed by atoms with E-state index in [1.807, 2.05) is 0 Å². The number of hydrogen-bond acceptors (Lipinski definition) is 6. The maximum absolute atomic E-state index is 12.0. The number of halogens is 1. The molecule has 0 aliphatic rings. The fourth-order valence-electron chi connectivity index (χ4n) is 1.83. The Balaban J connectivity index is 1.97. The van der Waals surface area contributed by atoms with Gasteiger partial charge in [-0.05, 0) is 25.1 Å². The predicted octanol–water partition coefficient (Wildman–Crippen LogP) is 3.55. The van der Waals surface area contributed by atoms with E-state index >= 15 is 0 Å². The monoisotopic (exact) mass is 369 g/mol. The molecule has 0 saturated heterocycles. The highest BCUT2D eigenvalue weighted by molar-refractivity contribution is 7.14. The number of thiazole rings is 1. The SMILES string of the molecule is CCOC(=O)Cc1csc(NC(=O)Nc2cc(Cl)ccc2OC)n1. The third-order valence-electron chi connectivity index (χ3n) is 2.81. The number of carbonyl (C=O) groups excluding carboxylic acids is 2. The molecule has 0 unspecified atom stereocenters. The molecule has 2 N–H and O–H groups in total. The first kappa shape index (κ1) is 18.0. The van der Waals surface area contributed by atoms with Crippen LogP contribution in [0.1, 0.15) is 12.6 Å². The summed E-state index contributed by atoms with van der Waals surface area (Å²) in [7, 11) is 1.49. The number of ether oxygens (including phenoxy) is 2. The summed E-state index contributed by atoms with van der Waals surface area (Å²) in [5.74, 6) is 0.124. The molecule has 7 nitrogen and oxygen atoms in total. The predicted molar refractivity (Wildman–Crippen MR) is 93.1 cm³/mol. The van der Waals surface area contributed by atoms with Gasteiger partial charge in [0.1, 0.15) is 5.75 Å². The highest BCUT2D eigenvalue weighted by atomic mass is 35.5. The van der Waals surface area contributed by atoms with Crippen LogP contribution in [0.25, 0.3) is 0 Å². The summed E-state index contributed by atoms with van der Waals surface area (Å²) in [6.45, 7) is 2.05. The molecule has 2 rings (SSSR count). The molecule has 9 heteroatoms. The second-order valence-electron chi connectivity index (χ2n) is 4.55. The number of rotatable bonds is 6. The zero-order valence-electron chi connectivity index (χ0n) is 13.1. The normalized spacial score (nSPS) is 10.1. The van der Waals surface area contributed by atoms with Crippen LogP contribution in [0.2, 0.25) is 5.02 Å². The summed E-state index contributed by atoms with van der Waals surface area (Å²) in [6.07, 6.45) is 0.0652. The van der Waals surface area contributed by atoms with Crippen LogP contribution in [-0.2, 0) is 16.0 Å². The number of nitrogens with one attached hydrogen (secondary N) is 2. The standard InChI is InChI=1S/C15H16ClN3O4S/c1-3-23-13(20)7-10-8-24-15(17-10)19-14(21)18-11-6-9(16)4-5-12(11)22-2/h4-6,8H,3,7H2,1-2H3,(H2,17,18,19,21). The summed E-state index contributed by atoms with van der Waals surface area (Å²) in [4.78, 5) is 27.6. The molecule has 0 aliphatic carbocycles. The lowest BCUT2D eigenvalue weighted by atomic mass is 10.3. The Bertz CT molecular complexity index is 735.